The van der Waals surface area contributed by atoms with Crippen LogP contribution in [0.5, 0.6) is 0 Å². The minimum absolute atomic E-state index is 0.119. The highest BCUT2D eigenvalue weighted by Crippen LogP contribution is 1.92. The molecule has 30 heavy (non-hydrogen) atoms. The zero-order valence-electron chi connectivity index (χ0n) is 16.5. The van der Waals surface area contributed by atoms with E-state index in [9.17, 15) is 19.2 Å². The van der Waals surface area contributed by atoms with Gasteiger partial charge in [-0.3, -0.25) is 29.0 Å². The van der Waals surface area contributed by atoms with Gasteiger partial charge in [0.15, 0.2) is 0 Å². The van der Waals surface area contributed by atoms with Crippen molar-refractivity contribution < 1.29 is 59.3 Å². The smallest absolute Gasteiger partial charge is 0.317 e. The van der Waals surface area contributed by atoms with Crippen LogP contribution in [0.1, 0.15) is 0 Å². The van der Waals surface area contributed by atoms with E-state index in [1.54, 1.807) is 0 Å². The molecule has 0 aliphatic heterocycles. The molecule has 0 spiro atoms. The number of hydrogen-bond acceptors (Lipinski definition) is 10. The second-order valence-electron chi connectivity index (χ2n) is 5.67. The lowest BCUT2D eigenvalue weighted by molar-refractivity contribution is -0.144. The summed E-state index contributed by atoms with van der Waals surface area (Å²) in [4.78, 5) is 44.9. The number of aliphatic hydroxyl groups excluding tert-OH is 2. The number of aliphatic carboxylic acids is 4. The molecule has 176 valence electrons. The molecule has 0 radical (unpaired) electrons. The van der Waals surface area contributed by atoms with E-state index in [-0.39, 0.29) is 52.7 Å². The Morgan fingerprint density at radius 1 is 0.533 bits per heavy atom. The van der Waals surface area contributed by atoms with Gasteiger partial charge in [0.25, 0.3) is 0 Å². The van der Waals surface area contributed by atoms with Crippen LogP contribution in [0.25, 0.3) is 0 Å². The van der Waals surface area contributed by atoms with Crippen LogP contribution in [0.4, 0.5) is 0 Å². The van der Waals surface area contributed by atoms with Crippen LogP contribution in [0.3, 0.4) is 0 Å². The number of rotatable bonds is 18. The summed E-state index contributed by atoms with van der Waals surface area (Å²) in [7, 11) is 0. The van der Waals surface area contributed by atoms with Gasteiger partial charge in [0.1, 0.15) is 0 Å². The van der Waals surface area contributed by atoms with Crippen molar-refractivity contribution in [3.8, 4) is 0 Å². The standard InChI is InChI=1S/C14H24N2O10.C2H6O2/c17-11(18)7-15(8-12(19)20)1-3-25-5-6-26-4-2-16(9-13(21)22)10-14(23)24;3-1-2-4/h1-10H2,(H,17,18)(H,19,20)(H,21,22)(H,23,24);3-4H,1-2H2. The first-order valence-corrected chi connectivity index (χ1v) is 8.81. The SMILES string of the molecule is O=C(O)CN(CCOCCOCCN(CC(=O)O)CC(=O)O)CC(=O)O.OCCO. The Bertz CT molecular complexity index is 427. The molecule has 0 amide bonds. The van der Waals surface area contributed by atoms with E-state index in [2.05, 4.69) is 0 Å². The molecule has 0 aromatic rings. The first-order valence-electron chi connectivity index (χ1n) is 8.81. The van der Waals surface area contributed by atoms with Crippen LogP contribution in [0.2, 0.25) is 0 Å². The summed E-state index contributed by atoms with van der Waals surface area (Å²) in [6.07, 6.45) is 0. The van der Waals surface area contributed by atoms with Gasteiger partial charge >= 0.3 is 23.9 Å². The summed E-state index contributed by atoms with van der Waals surface area (Å²) < 4.78 is 10.4. The summed E-state index contributed by atoms with van der Waals surface area (Å²) in [5.41, 5.74) is 0. The van der Waals surface area contributed by atoms with Crippen LogP contribution >= 0.6 is 0 Å². The highest BCUT2D eigenvalue weighted by Gasteiger charge is 2.14. The van der Waals surface area contributed by atoms with Crippen molar-refractivity contribution in [3.05, 3.63) is 0 Å². The summed E-state index contributed by atoms with van der Waals surface area (Å²) in [5.74, 6) is -4.55. The molecule has 0 fully saturated rings. The zero-order chi connectivity index (χ0) is 23.4. The largest absolute Gasteiger partial charge is 0.480 e. The van der Waals surface area contributed by atoms with Crippen LogP contribution in [-0.4, -0.2) is 143 Å². The minimum atomic E-state index is -1.14. The van der Waals surface area contributed by atoms with Gasteiger partial charge in [0.2, 0.25) is 0 Å². The summed E-state index contributed by atoms with van der Waals surface area (Å²) in [6.45, 7) is -1.04. The van der Waals surface area contributed by atoms with Crippen LogP contribution in [0.15, 0.2) is 0 Å². The average Bonchev–Trinajstić information content (AvgIpc) is 2.61. The third kappa shape index (κ3) is 23.7. The van der Waals surface area contributed by atoms with Crippen molar-refractivity contribution in [3.63, 3.8) is 0 Å². The molecule has 0 saturated carbocycles. The Kier molecular flexibility index (Phi) is 19.8. The van der Waals surface area contributed by atoms with Gasteiger partial charge in [0.05, 0.1) is 65.8 Å². The van der Waals surface area contributed by atoms with Gasteiger partial charge in [-0.1, -0.05) is 0 Å². The quantitative estimate of drug-likeness (QED) is 0.116. The highest BCUT2D eigenvalue weighted by atomic mass is 16.5. The molecule has 0 heterocycles. The van der Waals surface area contributed by atoms with Gasteiger partial charge in [-0.15, -0.1) is 0 Å². The molecule has 0 aromatic carbocycles. The van der Waals surface area contributed by atoms with E-state index in [1.165, 1.54) is 9.80 Å². The van der Waals surface area contributed by atoms with Crippen molar-refractivity contribution in [1.82, 2.24) is 9.80 Å². The fourth-order valence-corrected chi connectivity index (χ4v) is 1.90. The molecule has 0 unspecified atom stereocenters. The number of hydrogen-bond donors (Lipinski definition) is 6. The Balaban J connectivity index is 0. The molecule has 0 atom stereocenters. The van der Waals surface area contributed by atoms with Gasteiger partial charge in [-0.25, -0.2) is 0 Å². The predicted octanol–water partition coefficient (Wildman–Crippen LogP) is -3.07. The maximum absolute atomic E-state index is 10.6. The van der Waals surface area contributed by atoms with E-state index < -0.39 is 50.1 Å². The van der Waals surface area contributed by atoms with Gasteiger partial charge in [0, 0.05) is 13.1 Å². The predicted molar refractivity (Wildman–Crippen MR) is 99.2 cm³/mol. The zero-order valence-corrected chi connectivity index (χ0v) is 16.5. The van der Waals surface area contributed by atoms with Gasteiger partial charge < -0.3 is 40.1 Å². The number of nitrogens with zero attached hydrogens (tertiary/aromatic N) is 2. The van der Waals surface area contributed by atoms with Gasteiger partial charge in [-0.2, -0.15) is 0 Å². The minimum Gasteiger partial charge on any atom is -0.480 e. The van der Waals surface area contributed by atoms with Crippen molar-refractivity contribution in [2.75, 3.05) is 78.9 Å². The van der Waals surface area contributed by atoms with Crippen LogP contribution in [-0.2, 0) is 28.7 Å². The number of carbonyl (C=O) groups is 4. The molecular formula is C16H30N2O12. The van der Waals surface area contributed by atoms with Crippen molar-refractivity contribution in [2.45, 2.75) is 0 Å². The second-order valence-corrected chi connectivity index (χ2v) is 5.67. The van der Waals surface area contributed by atoms with E-state index in [0.29, 0.717) is 0 Å². The fourth-order valence-electron chi connectivity index (χ4n) is 1.90. The first-order chi connectivity index (χ1) is 14.1. The second kappa shape index (κ2) is 19.9. The molecule has 0 bridgehead atoms. The summed E-state index contributed by atoms with van der Waals surface area (Å²) in [6, 6.07) is 0. The monoisotopic (exact) mass is 442 g/mol. The van der Waals surface area contributed by atoms with E-state index in [1.807, 2.05) is 0 Å². The topological polar surface area (TPSA) is 215 Å². The summed E-state index contributed by atoms with van der Waals surface area (Å²) >= 11 is 0. The molecule has 0 aromatic heterocycles. The maximum Gasteiger partial charge on any atom is 0.317 e. The Labute approximate surface area is 172 Å². The third-order valence-corrected chi connectivity index (χ3v) is 3.01. The lowest BCUT2D eigenvalue weighted by Gasteiger charge is -2.18. The molecule has 0 saturated heterocycles. The number of carboxylic acids is 4. The lowest BCUT2D eigenvalue weighted by Crippen LogP contribution is -2.37. The Hall–Kier alpha value is -2.36. The maximum atomic E-state index is 10.6. The van der Waals surface area contributed by atoms with Crippen molar-refractivity contribution in [2.24, 2.45) is 0 Å². The Morgan fingerprint density at radius 3 is 1.00 bits per heavy atom. The van der Waals surface area contributed by atoms with Gasteiger partial charge in [-0.05, 0) is 0 Å². The van der Waals surface area contributed by atoms with Crippen LogP contribution < -0.4 is 0 Å². The van der Waals surface area contributed by atoms with E-state index in [0.717, 1.165) is 0 Å². The molecule has 14 heteroatoms. The molecule has 6 N–H and O–H groups in total. The normalized spacial score (nSPS) is 10.5. The molecule has 0 aliphatic carbocycles. The summed E-state index contributed by atoms with van der Waals surface area (Å²) in [5, 5.41) is 50.0. The third-order valence-electron chi connectivity index (χ3n) is 3.01. The fraction of sp³-hybridized carbons (Fsp3) is 0.750. The molecule has 14 nitrogen and oxygen atoms in total. The van der Waals surface area contributed by atoms with Crippen LogP contribution in [0, 0.1) is 0 Å². The average molecular weight is 442 g/mol. The van der Waals surface area contributed by atoms with Crippen molar-refractivity contribution in [1.29, 1.82) is 0 Å². The molecule has 0 aliphatic rings. The first kappa shape index (κ1) is 29.8. The molecular weight excluding hydrogens is 412 g/mol. The van der Waals surface area contributed by atoms with E-state index >= 15 is 0 Å². The lowest BCUT2D eigenvalue weighted by atomic mass is 10.4. The Morgan fingerprint density at radius 2 is 0.800 bits per heavy atom. The number of ether oxygens (including phenoxy) is 2. The molecule has 0 rings (SSSR count). The van der Waals surface area contributed by atoms with E-state index in [4.69, 9.17) is 40.1 Å². The number of carboxylic acid groups (broad SMARTS) is 4. The number of aliphatic hydroxyl groups is 2. The van der Waals surface area contributed by atoms with Crippen molar-refractivity contribution >= 4 is 23.9 Å². The highest BCUT2D eigenvalue weighted by molar-refractivity contribution is 5.73.